The summed E-state index contributed by atoms with van der Waals surface area (Å²) in [5.74, 6) is 1.13. The molecule has 6 nitrogen and oxygen atoms in total. The molecule has 0 bridgehead atoms. The standard InChI is InChI=1S/C21H20N4O2/c1-27-19-9-5-3-7-17(19)20-23-13-16(14-24-20)21(26)25-11-10-22-12-15-6-2-4-8-18(15)25/h2-9,13-14,22H,10-12H2,1H3. The Morgan fingerprint density at radius 2 is 1.81 bits per heavy atom. The number of benzene rings is 2. The number of carbonyl (C=O) groups excluding carboxylic acids is 1. The minimum Gasteiger partial charge on any atom is -0.496 e. The van der Waals surface area contributed by atoms with Crippen LogP contribution in [0.3, 0.4) is 0 Å². The second-order valence-electron chi connectivity index (χ2n) is 6.26. The van der Waals surface area contributed by atoms with E-state index < -0.39 is 0 Å². The maximum absolute atomic E-state index is 13.1. The van der Waals surface area contributed by atoms with Crippen LogP contribution in [0.1, 0.15) is 15.9 Å². The van der Waals surface area contributed by atoms with Crippen molar-refractivity contribution in [3.8, 4) is 17.1 Å². The molecule has 0 atom stereocenters. The van der Waals surface area contributed by atoms with Gasteiger partial charge in [-0.05, 0) is 23.8 Å². The van der Waals surface area contributed by atoms with E-state index in [2.05, 4.69) is 15.3 Å². The van der Waals surface area contributed by atoms with Crippen molar-refractivity contribution in [2.24, 2.45) is 0 Å². The Bertz CT molecular complexity index is 956. The van der Waals surface area contributed by atoms with Crippen LogP contribution in [0.15, 0.2) is 60.9 Å². The predicted octanol–water partition coefficient (Wildman–Crippen LogP) is 2.90. The number of carbonyl (C=O) groups is 1. The average Bonchev–Trinajstić information content (AvgIpc) is 2.96. The van der Waals surface area contributed by atoms with E-state index in [9.17, 15) is 4.79 Å². The van der Waals surface area contributed by atoms with Crippen molar-refractivity contribution < 1.29 is 9.53 Å². The summed E-state index contributed by atoms with van der Waals surface area (Å²) in [5.41, 5.74) is 3.30. The van der Waals surface area contributed by atoms with E-state index in [1.807, 2.05) is 48.5 Å². The number of amides is 1. The topological polar surface area (TPSA) is 67.3 Å². The van der Waals surface area contributed by atoms with Gasteiger partial charge in [0.15, 0.2) is 5.82 Å². The molecule has 6 heteroatoms. The highest BCUT2D eigenvalue weighted by atomic mass is 16.5. The van der Waals surface area contributed by atoms with E-state index in [1.54, 1.807) is 24.4 Å². The lowest BCUT2D eigenvalue weighted by molar-refractivity contribution is 0.0987. The number of hydrogen-bond acceptors (Lipinski definition) is 5. The second kappa shape index (κ2) is 7.55. The first-order chi connectivity index (χ1) is 13.3. The van der Waals surface area contributed by atoms with Crippen molar-refractivity contribution in [2.45, 2.75) is 6.54 Å². The van der Waals surface area contributed by atoms with E-state index in [4.69, 9.17) is 4.74 Å². The van der Waals surface area contributed by atoms with E-state index in [0.29, 0.717) is 23.7 Å². The van der Waals surface area contributed by atoms with Gasteiger partial charge in [-0.2, -0.15) is 0 Å². The zero-order valence-corrected chi connectivity index (χ0v) is 15.1. The van der Waals surface area contributed by atoms with Gasteiger partial charge in [0.25, 0.3) is 5.91 Å². The smallest absolute Gasteiger partial charge is 0.261 e. The summed E-state index contributed by atoms with van der Waals surface area (Å²) in [5, 5.41) is 3.34. The van der Waals surface area contributed by atoms with E-state index in [0.717, 1.165) is 29.9 Å². The highest BCUT2D eigenvalue weighted by molar-refractivity contribution is 6.06. The molecule has 1 aliphatic rings. The molecule has 0 aliphatic carbocycles. The number of aromatic nitrogens is 2. The molecular formula is C21H20N4O2. The molecule has 0 saturated carbocycles. The van der Waals surface area contributed by atoms with Gasteiger partial charge in [0, 0.05) is 37.7 Å². The summed E-state index contributed by atoms with van der Waals surface area (Å²) in [7, 11) is 1.61. The average molecular weight is 360 g/mol. The van der Waals surface area contributed by atoms with Crippen LogP contribution in [-0.4, -0.2) is 36.1 Å². The monoisotopic (exact) mass is 360 g/mol. The first kappa shape index (κ1) is 17.2. The fourth-order valence-corrected chi connectivity index (χ4v) is 3.23. The fourth-order valence-electron chi connectivity index (χ4n) is 3.23. The summed E-state index contributed by atoms with van der Waals surface area (Å²) in [6.45, 7) is 2.09. The van der Waals surface area contributed by atoms with Gasteiger partial charge in [-0.1, -0.05) is 30.3 Å². The lowest BCUT2D eigenvalue weighted by atomic mass is 10.1. The van der Waals surface area contributed by atoms with Gasteiger partial charge < -0.3 is 15.0 Å². The number of ether oxygens (including phenoxy) is 1. The van der Waals surface area contributed by atoms with Crippen LogP contribution in [0.25, 0.3) is 11.4 Å². The first-order valence-electron chi connectivity index (χ1n) is 8.84. The molecule has 3 aromatic rings. The molecule has 1 amide bonds. The Morgan fingerprint density at radius 1 is 1.07 bits per heavy atom. The SMILES string of the molecule is COc1ccccc1-c1ncc(C(=O)N2CCNCc3ccccc32)cn1. The van der Waals surface area contributed by atoms with Crippen molar-refractivity contribution in [3.63, 3.8) is 0 Å². The summed E-state index contributed by atoms with van der Waals surface area (Å²) < 4.78 is 5.36. The van der Waals surface area contributed by atoms with Gasteiger partial charge in [-0.3, -0.25) is 4.79 Å². The highest BCUT2D eigenvalue weighted by Gasteiger charge is 2.22. The lowest BCUT2D eigenvalue weighted by Gasteiger charge is -2.22. The molecule has 0 unspecified atom stereocenters. The Hall–Kier alpha value is -3.25. The minimum absolute atomic E-state index is 0.0993. The summed E-state index contributed by atoms with van der Waals surface area (Å²) >= 11 is 0. The molecule has 1 aromatic heterocycles. The Morgan fingerprint density at radius 3 is 2.63 bits per heavy atom. The quantitative estimate of drug-likeness (QED) is 0.778. The predicted molar refractivity (Wildman–Crippen MR) is 104 cm³/mol. The van der Waals surface area contributed by atoms with Crippen LogP contribution in [0, 0.1) is 0 Å². The van der Waals surface area contributed by atoms with Crippen LogP contribution in [0.2, 0.25) is 0 Å². The van der Waals surface area contributed by atoms with Crippen LogP contribution >= 0.6 is 0 Å². The fraction of sp³-hybridized carbons (Fsp3) is 0.190. The van der Waals surface area contributed by atoms with Gasteiger partial charge in [0.1, 0.15) is 5.75 Å². The lowest BCUT2D eigenvalue weighted by Crippen LogP contribution is -2.34. The number of fused-ring (bicyclic) bond motifs is 1. The van der Waals surface area contributed by atoms with Crippen molar-refractivity contribution >= 4 is 11.6 Å². The highest BCUT2D eigenvalue weighted by Crippen LogP contribution is 2.27. The molecule has 4 rings (SSSR count). The second-order valence-corrected chi connectivity index (χ2v) is 6.26. The number of hydrogen-bond donors (Lipinski definition) is 1. The molecule has 136 valence electrons. The van der Waals surface area contributed by atoms with E-state index in [-0.39, 0.29) is 5.91 Å². The summed E-state index contributed by atoms with van der Waals surface area (Å²) in [6, 6.07) is 15.5. The maximum atomic E-state index is 13.1. The van der Waals surface area contributed by atoms with Gasteiger partial charge in [-0.15, -0.1) is 0 Å². The van der Waals surface area contributed by atoms with Gasteiger partial charge in [0.2, 0.25) is 0 Å². The third-order valence-electron chi connectivity index (χ3n) is 4.60. The van der Waals surface area contributed by atoms with Crippen LogP contribution in [0.5, 0.6) is 5.75 Å². The molecule has 27 heavy (non-hydrogen) atoms. The third-order valence-corrected chi connectivity index (χ3v) is 4.60. The normalized spacial score (nSPS) is 13.6. The van der Waals surface area contributed by atoms with Crippen molar-refractivity contribution in [1.29, 1.82) is 0 Å². The van der Waals surface area contributed by atoms with Gasteiger partial charge in [-0.25, -0.2) is 9.97 Å². The summed E-state index contributed by atoms with van der Waals surface area (Å²) in [4.78, 5) is 23.7. The molecular weight excluding hydrogens is 340 g/mol. The molecule has 2 aromatic carbocycles. The number of nitrogens with zero attached hydrogens (tertiary/aromatic N) is 3. The Balaban J connectivity index is 1.64. The zero-order chi connectivity index (χ0) is 18.6. The van der Waals surface area contributed by atoms with E-state index >= 15 is 0 Å². The molecule has 0 saturated heterocycles. The third kappa shape index (κ3) is 3.39. The van der Waals surface area contributed by atoms with Crippen molar-refractivity contribution in [3.05, 3.63) is 72.1 Å². The van der Waals surface area contributed by atoms with Crippen LogP contribution in [-0.2, 0) is 6.54 Å². The summed E-state index contributed by atoms with van der Waals surface area (Å²) in [6.07, 6.45) is 3.16. The molecule has 0 spiro atoms. The molecule has 0 radical (unpaired) electrons. The van der Waals surface area contributed by atoms with Crippen molar-refractivity contribution in [1.82, 2.24) is 15.3 Å². The minimum atomic E-state index is -0.0993. The van der Waals surface area contributed by atoms with Crippen molar-refractivity contribution in [2.75, 3.05) is 25.1 Å². The Kier molecular flexibility index (Phi) is 4.80. The zero-order valence-electron chi connectivity index (χ0n) is 15.1. The number of rotatable bonds is 3. The largest absolute Gasteiger partial charge is 0.496 e. The molecule has 1 N–H and O–H groups in total. The Labute approximate surface area is 157 Å². The molecule has 2 heterocycles. The molecule has 1 aliphatic heterocycles. The van der Waals surface area contributed by atoms with Gasteiger partial charge in [0.05, 0.1) is 18.2 Å². The molecule has 0 fully saturated rings. The van der Waals surface area contributed by atoms with E-state index in [1.165, 1.54) is 0 Å². The van der Waals surface area contributed by atoms with Crippen LogP contribution in [0.4, 0.5) is 5.69 Å². The van der Waals surface area contributed by atoms with Gasteiger partial charge >= 0.3 is 0 Å². The number of para-hydroxylation sites is 2. The van der Waals surface area contributed by atoms with Crippen LogP contribution < -0.4 is 15.0 Å². The number of nitrogens with one attached hydrogen (secondary N) is 1. The first-order valence-corrected chi connectivity index (χ1v) is 8.84. The maximum Gasteiger partial charge on any atom is 0.261 e. The number of anilines is 1. The number of methoxy groups -OCH3 is 1.